The highest BCUT2D eigenvalue weighted by Gasteiger charge is 2.14. The lowest BCUT2D eigenvalue weighted by Crippen LogP contribution is -2.19. The van der Waals surface area contributed by atoms with Crippen molar-refractivity contribution in [3.63, 3.8) is 0 Å². The van der Waals surface area contributed by atoms with E-state index < -0.39 is 0 Å². The molecule has 0 saturated carbocycles. The molecule has 3 aromatic rings. The molecule has 1 aromatic carbocycles. The number of carbonyl (C=O) groups is 2. The third kappa shape index (κ3) is 4.14. The summed E-state index contributed by atoms with van der Waals surface area (Å²) in [6.45, 7) is 2.82. The smallest absolute Gasteiger partial charge is 0.338 e. The van der Waals surface area contributed by atoms with Crippen LogP contribution in [0.4, 0.5) is 0 Å². The topological polar surface area (TPSA) is 78.5 Å². The summed E-state index contributed by atoms with van der Waals surface area (Å²) in [5.41, 5.74) is 1.86. The quantitative estimate of drug-likeness (QED) is 0.590. The molecule has 7 nitrogen and oxygen atoms in total. The molecule has 142 valence electrons. The highest BCUT2D eigenvalue weighted by Crippen LogP contribution is 2.20. The number of thiazole rings is 1. The predicted molar refractivity (Wildman–Crippen MR) is 107 cm³/mol. The third-order valence-corrected chi connectivity index (χ3v) is 5.58. The Labute approximate surface area is 164 Å². The molecular weight excluding hydrogens is 384 g/mol. The number of aryl methyl sites for hydroxylation is 2. The number of hydrogen-bond donors (Lipinski definition) is 0. The molecule has 0 aliphatic rings. The van der Waals surface area contributed by atoms with Gasteiger partial charge in [-0.25, -0.2) is 4.79 Å². The van der Waals surface area contributed by atoms with E-state index in [0.717, 1.165) is 22.5 Å². The average Bonchev–Trinajstić information content (AvgIpc) is 3.22. The number of benzene rings is 1. The van der Waals surface area contributed by atoms with Gasteiger partial charge in [0.25, 0.3) is 5.91 Å². The molecular formula is C18H20N4O3S2. The van der Waals surface area contributed by atoms with Crippen LogP contribution in [-0.4, -0.2) is 44.8 Å². The van der Waals surface area contributed by atoms with Crippen molar-refractivity contribution in [2.75, 3.05) is 18.6 Å². The van der Waals surface area contributed by atoms with Gasteiger partial charge >= 0.3 is 5.97 Å². The lowest BCUT2D eigenvalue weighted by Gasteiger charge is -2.05. The summed E-state index contributed by atoms with van der Waals surface area (Å²) in [5, 5.41) is 4.02. The molecule has 1 amide bonds. The van der Waals surface area contributed by atoms with Gasteiger partial charge in [0.1, 0.15) is 5.69 Å². The molecule has 0 saturated heterocycles. The lowest BCUT2D eigenvalue weighted by molar-refractivity contribution is 0.0526. The van der Waals surface area contributed by atoms with E-state index in [2.05, 4.69) is 10.1 Å². The van der Waals surface area contributed by atoms with E-state index in [4.69, 9.17) is 4.74 Å². The van der Waals surface area contributed by atoms with Gasteiger partial charge in [-0.2, -0.15) is 21.9 Å². The van der Waals surface area contributed by atoms with Crippen LogP contribution in [0.5, 0.6) is 0 Å². The molecule has 27 heavy (non-hydrogen) atoms. The maximum Gasteiger partial charge on any atom is 0.338 e. The minimum atomic E-state index is -0.354. The number of ether oxygens (including phenoxy) is 1. The summed E-state index contributed by atoms with van der Waals surface area (Å²) >= 11 is 3.10. The number of nitrogens with zero attached hydrogens (tertiary/aromatic N) is 4. The lowest BCUT2D eigenvalue weighted by atomic mass is 10.2. The van der Waals surface area contributed by atoms with Gasteiger partial charge in [0.2, 0.25) is 0 Å². The van der Waals surface area contributed by atoms with E-state index in [9.17, 15) is 9.59 Å². The summed E-state index contributed by atoms with van der Waals surface area (Å²) in [7, 11) is 1.71. The zero-order valence-electron chi connectivity index (χ0n) is 15.3. The molecule has 9 heteroatoms. The monoisotopic (exact) mass is 404 g/mol. The van der Waals surface area contributed by atoms with Crippen molar-refractivity contribution in [2.45, 2.75) is 13.5 Å². The van der Waals surface area contributed by atoms with Crippen LogP contribution in [0.2, 0.25) is 0 Å². The third-order valence-electron chi connectivity index (χ3n) is 3.95. The minimum Gasteiger partial charge on any atom is -0.462 e. The molecule has 0 N–H and O–H groups in total. The number of esters is 1. The average molecular weight is 405 g/mol. The van der Waals surface area contributed by atoms with Crippen LogP contribution in [0.25, 0.3) is 10.2 Å². The van der Waals surface area contributed by atoms with Crippen LogP contribution < -0.4 is 4.80 Å². The van der Waals surface area contributed by atoms with Crippen molar-refractivity contribution >= 4 is 45.2 Å². The normalized spacial score (nSPS) is 11.9. The molecule has 0 aliphatic carbocycles. The van der Waals surface area contributed by atoms with Crippen molar-refractivity contribution in [3.8, 4) is 0 Å². The van der Waals surface area contributed by atoms with Crippen molar-refractivity contribution in [1.29, 1.82) is 0 Å². The van der Waals surface area contributed by atoms with Gasteiger partial charge in [0.05, 0.1) is 22.4 Å². The number of carbonyl (C=O) groups excluding carboxylic acids is 2. The Bertz CT molecular complexity index is 1050. The Morgan fingerprint density at radius 3 is 2.81 bits per heavy atom. The Hall–Kier alpha value is -2.39. The molecule has 0 unspecified atom stereocenters. The number of thioether (sulfide) groups is 1. The molecule has 0 bridgehead atoms. The summed E-state index contributed by atoms with van der Waals surface area (Å²) in [6.07, 6.45) is 3.60. The summed E-state index contributed by atoms with van der Waals surface area (Å²) in [6, 6.07) is 7.06. The van der Waals surface area contributed by atoms with Crippen molar-refractivity contribution < 1.29 is 14.3 Å². The molecule has 0 spiro atoms. The summed E-state index contributed by atoms with van der Waals surface area (Å²) < 4.78 is 9.48. The van der Waals surface area contributed by atoms with E-state index in [1.54, 1.807) is 50.1 Å². The molecule has 0 atom stereocenters. The van der Waals surface area contributed by atoms with E-state index in [1.165, 1.54) is 16.0 Å². The molecule has 2 heterocycles. The largest absolute Gasteiger partial charge is 0.462 e. The Balaban J connectivity index is 2.09. The second-order valence-electron chi connectivity index (χ2n) is 5.69. The van der Waals surface area contributed by atoms with Gasteiger partial charge in [-0.3, -0.25) is 9.48 Å². The standard InChI is InChI=1S/C18H20N4O3S2/c1-4-25-17(24)12-5-6-13-15(11-12)27-18(22(13)9-10-26-3)20-16(23)14-7-8-19-21(14)2/h5-8,11H,4,9-10H2,1-3H3. The number of aromatic nitrogens is 3. The van der Waals surface area contributed by atoms with Crippen molar-refractivity contribution in [3.05, 3.63) is 46.5 Å². The van der Waals surface area contributed by atoms with Crippen LogP contribution in [-0.2, 0) is 18.3 Å². The van der Waals surface area contributed by atoms with E-state index in [-0.39, 0.29) is 11.9 Å². The van der Waals surface area contributed by atoms with Crippen LogP contribution in [0, 0.1) is 0 Å². The Morgan fingerprint density at radius 2 is 2.15 bits per heavy atom. The maximum atomic E-state index is 12.5. The minimum absolute atomic E-state index is 0.328. The van der Waals surface area contributed by atoms with Gasteiger partial charge < -0.3 is 9.30 Å². The fraction of sp³-hybridized carbons (Fsp3) is 0.333. The van der Waals surface area contributed by atoms with E-state index >= 15 is 0 Å². The molecule has 3 rings (SSSR count). The highest BCUT2D eigenvalue weighted by atomic mass is 32.2. The number of hydrogen-bond acceptors (Lipinski definition) is 6. The number of rotatable bonds is 6. The zero-order valence-corrected chi connectivity index (χ0v) is 17.0. The molecule has 0 fully saturated rings. The zero-order chi connectivity index (χ0) is 19.4. The fourth-order valence-corrected chi connectivity index (χ4v) is 4.09. The van der Waals surface area contributed by atoms with Crippen LogP contribution >= 0.6 is 23.1 Å². The first kappa shape index (κ1) is 19.4. The van der Waals surface area contributed by atoms with E-state index in [1.807, 2.05) is 16.9 Å². The van der Waals surface area contributed by atoms with Gasteiger partial charge in [-0.1, -0.05) is 11.3 Å². The SMILES string of the molecule is CCOC(=O)c1ccc2c(c1)sc(=NC(=O)c1ccnn1C)n2CCSC. The Kier molecular flexibility index (Phi) is 6.12. The first-order chi connectivity index (χ1) is 13.0. The summed E-state index contributed by atoms with van der Waals surface area (Å²) in [4.78, 5) is 29.5. The van der Waals surface area contributed by atoms with Crippen LogP contribution in [0.1, 0.15) is 27.8 Å². The molecule has 0 aliphatic heterocycles. The number of fused-ring (bicyclic) bond motifs is 1. The van der Waals surface area contributed by atoms with Crippen molar-refractivity contribution in [2.24, 2.45) is 12.0 Å². The highest BCUT2D eigenvalue weighted by molar-refractivity contribution is 7.98. The van der Waals surface area contributed by atoms with Crippen molar-refractivity contribution in [1.82, 2.24) is 14.3 Å². The maximum absolute atomic E-state index is 12.5. The van der Waals surface area contributed by atoms with Crippen LogP contribution in [0.15, 0.2) is 35.5 Å². The van der Waals surface area contributed by atoms with Crippen LogP contribution in [0.3, 0.4) is 0 Å². The first-order valence-electron chi connectivity index (χ1n) is 8.41. The fourth-order valence-electron chi connectivity index (χ4n) is 2.63. The van der Waals surface area contributed by atoms with Gasteiger partial charge in [-0.15, -0.1) is 0 Å². The second kappa shape index (κ2) is 8.53. The van der Waals surface area contributed by atoms with E-state index in [0.29, 0.717) is 22.7 Å². The second-order valence-corrected chi connectivity index (χ2v) is 7.68. The van der Waals surface area contributed by atoms with Gasteiger partial charge in [-0.05, 0) is 37.4 Å². The van der Waals surface area contributed by atoms with Gasteiger partial charge in [0.15, 0.2) is 4.80 Å². The number of amides is 1. The Morgan fingerprint density at radius 1 is 1.33 bits per heavy atom. The molecule has 0 radical (unpaired) electrons. The van der Waals surface area contributed by atoms with Gasteiger partial charge in [0, 0.05) is 25.5 Å². The molecule has 2 aromatic heterocycles. The first-order valence-corrected chi connectivity index (χ1v) is 10.6. The predicted octanol–water partition coefficient (Wildman–Crippen LogP) is 2.72. The summed E-state index contributed by atoms with van der Waals surface area (Å²) in [5.74, 6) is 0.191.